The lowest BCUT2D eigenvalue weighted by atomic mass is 9.90. The van der Waals surface area contributed by atoms with E-state index in [0.717, 1.165) is 0 Å². The second-order valence-electron chi connectivity index (χ2n) is 6.24. The van der Waals surface area contributed by atoms with E-state index < -0.39 is 0 Å². The summed E-state index contributed by atoms with van der Waals surface area (Å²) in [5.41, 5.74) is 5.66. The summed E-state index contributed by atoms with van der Waals surface area (Å²) in [6, 6.07) is 13.7. The summed E-state index contributed by atoms with van der Waals surface area (Å²) in [6.07, 6.45) is 0. The van der Waals surface area contributed by atoms with Gasteiger partial charge in [-0.25, -0.2) is 0 Å². The van der Waals surface area contributed by atoms with Gasteiger partial charge in [-0.2, -0.15) is 0 Å². The third-order valence-electron chi connectivity index (χ3n) is 4.63. The Morgan fingerprint density at radius 3 is 1.54 bits per heavy atom. The van der Waals surface area contributed by atoms with Crippen LogP contribution < -0.4 is 0 Å². The van der Waals surface area contributed by atoms with Crippen LogP contribution in [0.25, 0.3) is 21.5 Å². The van der Waals surface area contributed by atoms with Gasteiger partial charge in [-0.3, -0.25) is 0 Å². The summed E-state index contributed by atoms with van der Waals surface area (Å²) >= 11 is 0. The van der Waals surface area contributed by atoms with Crippen LogP contribution in [0.1, 0.15) is 83.6 Å². The van der Waals surface area contributed by atoms with Crippen LogP contribution in [0.15, 0.2) is 36.4 Å². The molecule has 0 nitrogen and oxygen atoms in total. The second-order valence-corrected chi connectivity index (χ2v) is 6.24. The maximum Gasteiger partial charge on any atom is -0.0145 e. The Morgan fingerprint density at radius 2 is 1.04 bits per heavy atom. The average Bonchev–Trinajstić information content (AvgIpc) is 2.69. The molecule has 0 aliphatic carbocycles. The molecule has 0 radical (unpaired) electrons. The van der Waals surface area contributed by atoms with Crippen LogP contribution >= 0.6 is 0 Å². The fourth-order valence-corrected chi connectivity index (χ4v) is 3.20. The number of hydrogen-bond acceptors (Lipinski definition) is 0. The largest absolute Gasteiger partial charge is 0.0683 e. The first-order valence-corrected chi connectivity index (χ1v) is 10.4. The summed E-state index contributed by atoms with van der Waals surface area (Å²) in [4.78, 5) is 0. The Morgan fingerprint density at radius 1 is 0.577 bits per heavy atom. The Hall–Kier alpha value is -1.82. The van der Waals surface area contributed by atoms with Gasteiger partial charge in [0.05, 0.1) is 0 Å². The molecule has 0 unspecified atom stereocenters. The van der Waals surface area contributed by atoms with E-state index in [-0.39, 0.29) is 0 Å². The highest BCUT2D eigenvalue weighted by Crippen LogP contribution is 2.32. The average molecular weight is 353 g/mol. The SMILES string of the molecule is CC.CC.CC.Cc1ccc2cc3ccc(C(C)C)c(C)c3cc2c1C. The lowest BCUT2D eigenvalue weighted by molar-refractivity contribution is 0.859. The quantitative estimate of drug-likeness (QED) is 0.383. The number of aryl methyl sites for hydroxylation is 3. The van der Waals surface area contributed by atoms with E-state index in [1.54, 1.807) is 0 Å². The molecule has 3 aromatic rings. The zero-order valence-electron chi connectivity index (χ0n) is 19.0. The summed E-state index contributed by atoms with van der Waals surface area (Å²) in [5, 5.41) is 5.49. The fourth-order valence-electron chi connectivity index (χ4n) is 3.20. The first-order chi connectivity index (χ1) is 12.5. The highest BCUT2D eigenvalue weighted by molar-refractivity contribution is 6.01. The van der Waals surface area contributed by atoms with Crippen molar-refractivity contribution >= 4 is 21.5 Å². The van der Waals surface area contributed by atoms with Gasteiger partial charge in [0.25, 0.3) is 0 Å². The van der Waals surface area contributed by atoms with Gasteiger partial charge in [0.1, 0.15) is 0 Å². The number of fused-ring (bicyclic) bond motifs is 2. The van der Waals surface area contributed by atoms with Gasteiger partial charge in [-0.15, -0.1) is 0 Å². The van der Waals surface area contributed by atoms with Crippen LogP contribution in [-0.4, -0.2) is 0 Å². The summed E-state index contributed by atoms with van der Waals surface area (Å²) in [6.45, 7) is 23.2. The zero-order valence-corrected chi connectivity index (χ0v) is 19.0. The van der Waals surface area contributed by atoms with Crippen LogP contribution in [0.5, 0.6) is 0 Å². The number of rotatable bonds is 1. The smallest absolute Gasteiger partial charge is 0.0145 e. The molecule has 0 spiro atoms. The highest BCUT2D eigenvalue weighted by Gasteiger charge is 2.09. The van der Waals surface area contributed by atoms with Crippen LogP contribution in [0, 0.1) is 20.8 Å². The molecule has 26 heavy (non-hydrogen) atoms. The lowest BCUT2D eigenvalue weighted by Gasteiger charge is -2.14. The van der Waals surface area contributed by atoms with E-state index in [1.807, 2.05) is 41.5 Å². The molecule has 0 saturated carbocycles. The molecule has 3 aromatic carbocycles. The van der Waals surface area contributed by atoms with Crippen molar-refractivity contribution in [3.05, 3.63) is 58.7 Å². The molecule has 0 heterocycles. The fraction of sp³-hybridized carbons (Fsp3) is 0.462. The van der Waals surface area contributed by atoms with Crippen molar-refractivity contribution in [3.63, 3.8) is 0 Å². The van der Waals surface area contributed by atoms with Gasteiger partial charge in [0.15, 0.2) is 0 Å². The van der Waals surface area contributed by atoms with Crippen LogP contribution in [0.4, 0.5) is 0 Å². The molecule has 0 aromatic heterocycles. The van der Waals surface area contributed by atoms with Crippen molar-refractivity contribution in [3.8, 4) is 0 Å². The molecule has 0 fully saturated rings. The third-order valence-corrected chi connectivity index (χ3v) is 4.63. The minimum Gasteiger partial charge on any atom is -0.0683 e. The molecular formula is C26H40. The monoisotopic (exact) mass is 352 g/mol. The predicted octanol–water partition coefficient (Wildman–Crippen LogP) is 9.12. The van der Waals surface area contributed by atoms with Crippen molar-refractivity contribution in [1.29, 1.82) is 0 Å². The van der Waals surface area contributed by atoms with Gasteiger partial charge in [-0.1, -0.05) is 79.7 Å². The normalized spacial score (nSPS) is 9.69. The first kappa shape index (κ1) is 24.2. The minimum absolute atomic E-state index is 0.578. The maximum atomic E-state index is 2.38. The molecule has 0 saturated heterocycles. The number of benzene rings is 3. The first-order valence-electron chi connectivity index (χ1n) is 10.4. The van der Waals surface area contributed by atoms with E-state index in [1.165, 1.54) is 43.8 Å². The summed E-state index contributed by atoms with van der Waals surface area (Å²) in [7, 11) is 0. The predicted molar refractivity (Wildman–Crippen MR) is 124 cm³/mol. The van der Waals surface area contributed by atoms with Crippen molar-refractivity contribution in [2.75, 3.05) is 0 Å². The van der Waals surface area contributed by atoms with Gasteiger partial charge in [0, 0.05) is 0 Å². The molecule has 0 amide bonds. The standard InChI is InChI=1S/C20H22.3C2H6/c1-12(2)18-9-8-17-10-16-7-6-13(3)14(4)19(16)11-20(17)15(18)5;3*1-2/h6-12H,1-5H3;3*1-2H3. The van der Waals surface area contributed by atoms with E-state index in [9.17, 15) is 0 Å². The Labute approximate surface area is 162 Å². The second kappa shape index (κ2) is 11.7. The molecule has 144 valence electrons. The zero-order chi connectivity index (χ0) is 20.4. The molecule has 0 N–H and O–H groups in total. The Kier molecular flexibility index (Phi) is 10.9. The van der Waals surface area contributed by atoms with Crippen molar-refractivity contribution in [1.82, 2.24) is 0 Å². The highest BCUT2D eigenvalue weighted by atomic mass is 14.1. The minimum atomic E-state index is 0.578. The maximum absolute atomic E-state index is 2.38. The molecule has 0 aliphatic rings. The van der Waals surface area contributed by atoms with Gasteiger partial charge in [0.2, 0.25) is 0 Å². The van der Waals surface area contributed by atoms with E-state index in [0.29, 0.717) is 5.92 Å². The molecule has 0 aliphatic heterocycles. The third kappa shape index (κ3) is 5.10. The molecule has 0 bridgehead atoms. The Bertz CT molecular complexity index is 807. The Balaban J connectivity index is 0.000000948. The molecule has 0 heteroatoms. The lowest BCUT2D eigenvalue weighted by Crippen LogP contribution is -1.93. The van der Waals surface area contributed by atoms with Gasteiger partial charge in [-0.05, 0) is 82.6 Å². The van der Waals surface area contributed by atoms with Crippen molar-refractivity contribution in [2.24, 2.45) is 0 Å². The van der Waals surface area contributed by atoms with Crippen LogP contribution in [-0.2, 0) is 0 Å². The molecule has 0 atom stereocenters. The van der Waals surface area contributed by atoms with Gasteiger partial charge < -0.3 is 0 Å². The van der Waals surface area contributed by atoms with Crippen LogP contribution in [0.3, 0.4) is 0 Å². The van der Waals surface area contributed by atoms with Gasteiger partial charge >= 0.3 is 0 Å². The topological polar surface area (TPSA) is 0 Å². The summed E-state index contributed by atoms with van der Waals surface area (Å²) in [5.74, 6) is 0.578. The van der Waals surface area contributed by atoms with Crippen molar-refractivity contribution < 1.29 is 0 Å². The number of hydrogen-bond donors (Lipinski definition) is 0. The van der Waals surface area contributed by atoms with E-state index in [4.69, 9.17) is 0 Å². The van der Waals surface area contributed by atoms with Crippen LogP contribution in [0.2, 0.25) is 0 Å². The van der Waals surface area contributed by atoms with E-state index >= 15 is 0 Å². The van der Waals surface area contributed by atoms with E-state index in [2.05, 4.69) is 71.0 Å². The summed E-state index contributed by atoms with van der Waals surface area (Å²) < 4.78 is 0. The van der Waals surface area contributed by atoms with Crippen molar-refractivity contribution in [2.45, 2.75) is 82.1 Å². The molecule has 3 rings (SSSR count). The molecular weight excluding hydrogens is 312 g/mol.